The summed E-state index contributed by atoms with van der Waals surface area (Å²) in [4.78, 5) is 4.54. The first-order valence-electron chi connectivity index (χ1n) is 8.31. The van der Waals surface area contributed by atoms with Crippen LogP contribution in [-0.2, 0) is 0 Å². The average Bonchev–Trinajstić information content (AvgIpc) is 3.09. The van der Waals surface area contributed by atoms with Crippen molar-refractivity contribution >= 4 is 39.6 Å². The fourth-order valence-electron chi connectivity index (χ4n) is 2.72. The van der Waals surface area contributed by atoms with Gasteiger partial charge in [-0.1, -0.05) is 11.6 Å². The maximum Gasteiger partial charge on any atom is 0.130 e. The van der Waals surface area contributed by atoms with Gasteiger partial charge in [-0.2, -0.15) is 0 Å². The first-order valence-corrected chi connectivity index (χ1v) is 9.48. The molecule has 1 saturated heterocycles. The van der Waals surface area contributed by atoms with Crippen molar-refractivity contribution in [2.75, 3.05) is 13.1 Å². The number of hydrazine groups is 1. The Hall–Kier alpha value is -1.56. The maximum absolute atomic E-state index is 6.13. The Morgan fingerprint density at radius 3 is 2.64 bits per heavy atom. The zero-order valence-electron chi connectivity index (χ0n) is 14.4. The van der Waals surface area contributed by atoms with Crippen LogP contribution >= 0.6 is 27.5 Å². The van der Waals surface area contributed by atoms with Gasteiger partial charge in [0.2, 0.25) is 0 Å². The number of hydrogen-bond donors (Lipinski definition) is 1. The molecule has 132 valence electrons. The molecule has 0 bridgehead atoms. The van der Waals surface area contributed by atoms with Crippen LogP contribution in [0.3, 0.4) is 0 Å². The summed E-state index contributed by atoms with van der Waals surface area (Å²) in [7, 11) is 0. The summed E-state index contributed by atoms with van der Waals surface area (Å²) in [6.45, 7) is 6.20. The Morgan fingerprint density at radius 1 is 1.16 bits per heavy atom. The highest BCUT2D eigenvalue weighted by Gasteiger charge is 2.10. The van der Waals surface area contributed by atoms with Gasteiger partial charge < -0.3 is 10.2 Å². The number of benzene rings is 2. The third-order valence-corrected chi connectivity index (χ3v) is 5.39. The normalized spacial score (nSPS) is 15.0. The van der Waals surface area contributed by atoms with Crippen LogP contribution < -0.4 is 10.2 Å². The molecule has 0 spiro atoms. The van der Waals surface area contributed by atoms with Crippen molar-refractivity contribution in [2.24, 2.45) is 4.99 Å². The van der Waals surface area contributed by atoms with Gasteiger partial charge >= 0.3 is 0 Å². The van der Waals surface area contributed by atoms with E-state index in [9.17, 15) is 0 Å². The van der Waals surface area contributed by atoms with Crippen LogP contribution in [0.5, 0.6) is 11.5 Å². The summed E-state index contributed by atoms with van der Waals surface area (Å²) < 4.78 is 6.84. The molecule has 2 aromatic carbocycles. The summed E-state index contributed by atoms with van der Waals surface area (Å²) in [5.74, 6) is 1.52. The Morgan fingerprint density at radius 2 is 1.92 bits per heavy atom. The molecular weight excluding hydrogens is 402 g/mol. The summed E-state index contributed by atoms with van der Waals surface area (Å²) >= 11 is 9.52. The van der Waals surface area contributed by atoms with Gasteiger partial charge in [0.05, 0.1) is 10.7 Å². The predicted molar refractivity (Wildman–Crippen MR) is 107 cm³/mol. The van der Waals surface area contributed by atoms with Gasteiger partial charge in [0.25, 0.3) is 0 Å². The molecule has 2 aromatic rings. The van der Waals surface area contributed by atoms with Crippen LogP contribution in [0.2, 0.25) is 5.02 Å². The summed E-state index contributed by atoms with van der Waals surface area (Å²) in [5.41, 5.74) is 6.25. The topological polar surface area (TPSA) is 36.9 Å². The van der Waals surface area contributed by atoms with Crippen LogP contribution in [0.15, 0.2) is 39.8 Å². The van der Waals surface area contributed by atoms with Gasteiger partial charge in [-0.05, 0) is 78.0 Å². The van der Waals surface area contributed by atoms with E-state index in [-0.39, 0.29) is 0 Å². The number of aryl methyl sites for hydroxylation is 2. The maximum atomic E-state index is 6.13. The molecule has 0 saturated carbocycles. The molecule has 4 nitrogen and oxygen atoms in total. The van der Waals surface area contributed by atoms with Crippen molar-refractivity contribution in [1.82, 2.24) is 10.4 Å². The molecule has 1 aliphatic heterocycles. The first kappa shape index (κ1) is 18.2. The molecule has 1 fully saturated rings. The molecule has 1 N–H and O–H groups in total. The van der Waals surface area contributed by atoms with Gasteiger partial charge in [0.15, 0.2) is 0 Å². The molecule has 0 unspecified atom stereocenters. The van der Waals surface area contributed by atoms with E-state index in [0.717, 1.165) is 40.1 Å². The lowest BCUT2D eigenvalue weighted by molar-refractivity contribution is 0.300. The molecule has 0 radical (unpaired) electrons. The second-order valence-corrected chi connectivity index (χ2v) is 7.43. The Kier molecular flexibility index (Phi) is 5.99. The largest absolute Gasteiger partial charge is 0.457 e. The minimum absolute atomic E-state index is 0.626. The molecule has 25 heavy (non-hydrogen) atoms. The molecule has 0 aromatic heterocycles. The number of hydrogen-bond acceptors (Lipinski definition) is 3. The van der Waals surface area contributed by atoms with Crippen molar-refractivity contribution in [3.63, 3.8) is 0 Å². The lowest BCUT2D eigenvalue weighted by atomic mass is 10.1. The predicted octanol–water partition coefficient (Wildman–Crippen LogP) is 5.77. The SMILES string of the molecule is Cc1cc(Oc2ccc(Br)c(Cl)c2)c(C)cc1/N=C/NN1CCCC1. The second-order valence-electron chi connectivity index (χ2n) is 6.16. The molecular formula is C19H21BrClN3O. The van der Waals surface area contributed by atoms with E-state index in [0.29, 0.717) is 10.8 Å². The molecule has 0 aliphatic carbocycles. The van der Waals surface area contributed by atoms with Gasteiger partial charge in [-0.3, -0.25) is 0 Å². The van der Waals surface area contributed by atoms with E-state index in [1.807, 2.05) is 38.1 Å². The number of aliphatic imine (C=N–C) groups is 1. The highest BCUT2D eigenvalue weighted by Crippen LogP contribution is 2.34. The number of halogens is 2. The lowest BCUT2D eigenvalue weighted by Crippen LogP contribution is -2.33. The highest BCUT2D eigenvalue weighted by atomic mass is 79.9. The van der Waals surface area contributed by atoms with E-state index in [4.69, 9.17) is 16.3 Å². The van der Waals surface area contributed by atoms with Crippen LogP contribution in [0.25, 0.3) is 0 Å². The molecule has 0 atom stereocenters. The van der Waals surface area contributed by atoms with E-state index >= 15 is 0 Å². The lowest BCUT2D eigenvalue weighted by Gasteiger charge is -2.14. The summed E-state index contributed by atoms with van der Waals surface area (Å²) in [6, 6.07) is 9.60. The van der Waals surface area contributed by atoms with Crippen LogP contribution in [0.1, 0.15) is 24.0 Å². The minimum Gasteiger partial charge on any atom is -0.457 e. The second kappa shape index (κ2) is 8.21. The Balaban J connectivity index is 1.72. The van der Waals surface area contributed by atoms with Crippen LogP contribution in [0.4, 0.5) is 5.69 Å². The van der Waals surface area contributed by atoms with Gasteiger partial charge in [0, 0.05) is 23.6 Å². The van der Waals surface area contributed by atoms with Crippen LogP contribution in [0, 0.1) is 13.8 Å². The number of rotatable bonds is 5. The van der Waals surface area contributed by atoms with E-state index < -0.39 is 0 Å². The van der Waals surface area contributed by atoms with Crippen molar-refractivity contribution in [3.05, 3.63) is 51.0 Å². The third kappa shape index (κ3) is 4.75. The number of nitrogens with one attached hydrogen (secondary N) is 1. The fourth-order valence-corrected chi connectivity index (χ4v) is 3.13. The van der Waals surface area contributed by atoms with E-state index in [1.165, 1.54) is 12.8 Å². The van der Waals surface area contributed by atoms with E-state index in [2.05, 4.69) is 31.4 Å². The van der Waals surface area contributed by atoms with E-state index in [1.54, 1.807) is 12.4 Å². The molecule has 3 rings (SSSR count). The minimum atomic E-state index is 0.626. The van der Waals surface area contributed by atoms with Crippen molar-refractivity contribution < 1.29 is 4.74 Å². The quantitative estimate of drug-likeness (QED) is 0.491. The van der Waals surface area contributed by atoms with Crippen molar-refractivity contribution in [2.45, 2.75) is 26.7 Å². The standard InChI is InChI=1S/C19H21BrClN3O/c1-13-10-19(25-15-5-6-16(20)17(21)11-15)14(2)9-18(13)22-12-23-24-7-3-4-8-24/h5-6,9-12H,3-4,7-8H2,1-2H3,(H,22,23). The van der Waals surface area contributed by atoms with Gasteiger partial charge in [0.1, 0.15) is 17.8 Å². The fraction of sp³-hybridized carbons (Fsp3) is 0.316. The molecule has 6 heteroatoms. The van der Waals surface area contributed by atoms with Gasteiger partial charge in [-0.15, -0.1) is 0 Å². The average molecular weight is 423 g/mol. The first-order chi connectivity index (χ1) is 12.0. The third-order valence-electron chi connectivity index (χ3n) is 4.16. The summed E-state index contributed by atoms with van der Waals surface area (Å²) in [5, 5.41) is 2.81. The number of ether oxygens (including phenoxy) is 1. The summed E-state index contributed by atoms with van der Waals surface area (Å²) in [6.07, 6.45) is 4.25. The smallest absolute Gasteiger partial charge is 0.130 e. The zero-order valence-corrected chi connectivity index (χ0v) is 16.7. The number of nitrogens with zero attached hydrogens (tertiary/aromatic N) is 2. The van der Waals surface area contributed by atoms with Crippen molar-refractivity contribution in [1.29, 1.82) is 0 Å². The Bertz CT molecular complexity index is 788. The monoisotopic (exact) mass is 421 g/mol. The Labute approximate surface area is 161 Å². The van der Waals surface area contributed by atoms with Crippen molar-refractivity contribution in [3.8, 4) is 11.5 Å². The van der Waals surface area contributed by atoms with Gasteiger partial charge in [-0.25, -0.2) is 10.0 Å². The highest BCUT2D eigenvalue weighted by molar-refractivity contribution is 9.10. The van der Waals surface area contributed by atoms with Crippen LogP contribution in [-0.4, -0.2) is 24.4 Å². The molecule has 1 heterocycles. The molecule has 0 amide bonds. The molecule has 1 aliphatic rings. The zero-order chi connectivity index (χ0) is 17.8.